The highest BCUT2D eigenvalue weighted by atomic mass is 31.2. The number of benzene rings is 2. The van der Waals surface area contributed by atoms with Gasteiger partial charge in [-0.25, -0.2) is 9.18 Å². The van der Waals surface area contributed by atoms with Crippen molar-refractivity contribution in [2.75, 3.05) is 25.6 Å². The second kappa shape index (κ2) is 9.65. The predicted molar refractivity (Wildman–Crippen MR) is 101 cm³/mol. The van der Waals surface area contributed by atoms with Crippen molar-refractivity contribution in [2.45, 2.75) is 19.6 Å². The van der Waals surface area contributed by atoms with Gasteiger partial charge in [0.1, 0.15) is 5.82 Å². The van der Waals surface area contributed by atoms with Crippen LogP contribution in [0.3, 0.4) is 0 Å². The van der Waals surface area contributed by atoms with Crippen LogP contribution in [0.1, 0.15) is 35.6 Å². The normalized spacial score (nSPS) is 12.4. The van der Waals surface area contributed by atoms with E-state index < -0.39 is 25.2 Å². The molecule has 2 rings (SSSR count). The molecule has 2 aromatic rings. The van der Waals surface area contributed by atoms with Crippen LogP contribution in [0.5, 0.6) is 0 Å². The Labute approximate surface area is 158 Å². The molecule has 0 fully saturated rings. The maximum Gasteiger partial charge on any atom is 0.357 e. The van der Waals surface area contributed by atoms with E-state index >= 15 is 0 Å². The fraction of sp³-hybridized carbons (Fsp3) is 0.316. The van der Waals surface area contributed by atoms with Gasteiger partial charge in [0, 0.05) is 11.3 Å². The first-order chi connectivity index (χ1) is 12.9. The minimum absolute atomic E-state index is 0.144. The molecule has 0 amide bonds. The predicted octanol–water partition coefficient (Wildman–Crippen LogP) is 4.99. The number of carbonyl (C=O) groups excluding carboxylic acids is 1. The topological polar surface area (TPSA) is 73.9 Å². The molecule has 1 unspecified atom stereocenters. The first-order valence-corrected chi connectivity index (χ1v) is 10.1. The highest BCUT2D eigenvalue weighted by Gasteiger charge is 2.38. The van der Waals surface area contributed by atoms with E-state index in [1.165, 1.54) is 19.2 Å². The zero-order valence-corrected chi connectivity index (χ0v) is 16.4. The molecule has 146 valence electrons. The Morgan fingerprint density at radius 1 is 1.07 bits per heavy atom. The zero-order valence-electron chi connectivity index (χ0n) is 15.5. The molecular weight excluding hydrogens is 372 g/mol. The summed E-state index contributed by atoms with van der Waals surface area (Å²) in [6.07, 6.45) is 0. The van der Waals surface area contributed by atoms with E-state index in [1.807, 2.05) is 0 Å². The van der Waals surface area contributed by atoms with Gasteiger partial charge in [-0.3, -0.25) is 4.57 Å². The average molecular weight is 395 g/mol. The van der Waals surface area contributed by atoms with Crippen LogP contribution < -0.4 is 5.32 Å². The third-order valence-electron chi connectivity index (χ3n) is 3.74. The fourth-order valence-corrected chi connectivity index (χ4v) is 4.50. The maximum absolute atomic E-state index is 14.4. The van der Waals surface area contributed by atoms with E-state index in [4.69, 9.17) is 9.05 Å². The van der Waals surface area contributed by atoms with Crippen LogP contribution in [0.15, 0.2) is 48.5 Å². The maximum atomic E-state index is 14.4. The number of carbonyl (C=O) groups is 1. The molecule has 0 aromatic heterocycles. The molecule has 0 aliphatic rings. The molecule has 0 radical (unpaired) electrons. The van der Waals surface area contributed by atoms with Crippen molar-refractivity contribution in [1.82, 2.24) is 0 Å². The van der Waals surface area contributed by atoms with E-state index in [9.17, 15) is 13.8 Å². The molecule has 6 nitrogen and oxygen atoms in total. The largest absolute Gasteiger partial charge is 0.465 e. The minimum Gasteiger partial charge on any atom is -0.465 e. The van der Waals surface area contributed by atoms with Crippen molar-refractivity contribution >= 4 is 19.3 Å². The Kier molecular flexibility index (Phi) is 7.54. The fourth-order valence-electron chi connectivity index (χ4n) is 2.55. The number of nitrogens with one attached hydrogen (secondary N) is 1. The lowest BCUT2D eigenvalue weighted by molar-refractivity contribution is 0.0600. The number of anilines is 1. The van der Waals surface area contributed by atoms with E-state index in [1.54, 1.807) is 50.2 Å². The number of halogens is 1. The SMILES string of the molecule is CCOP(=O)(OCC)C(Nc1ccc(C(=O)OC)cc1)c1ccccc1F. The van der Waals surface area contributed by atoms with Gasteiger partial charge in [0.25, 0.3) is 0 Å². The van der Waals surface area contributed by atoms with Crippen molar-refractivity contribution in [3.63, 3.8) is 0 Å². The molecule has 0 saturated heterocycles. The first-order valence-electron chi connectivity index (χ1n) is 8.53. The van der Waals surface area contributed by atoms with Gasteiger partial charge in [0.15, 0.2) is 5.78 Å². The number of hydrogen-bond acceptors (Lipinski definition) is 6. The zero-order chi connectivity index (χ0) is 19.9. The summed E-state index contributed by atoms with van der Waals surface area (Å²) in [5, 5.41) is 3.03. The summed E-state index contributed by atoms with van der Waals surface area (Å²) < 4.78 is 43.3. The lowest BCUT2D eigenvalue weighted by Crippen LogP contribution is -2.16. The van der Waals surface area contributed by atoms with Gasteiger partial charge in [-0.1, -0.05) is 18.2 Å². The average Bonchev–Trinajstić information content (AvgIpc) is 2.67. The second-order valence-corrected chi connectivity index (χ2v) is 7.63. The van der Waals surface area contributed by atoms with E-state index in [0.29, 0.717) is 11.3 Å². The van der Waals surface area contributed by atoms with Gasteiger partial charge in [-0.2, -0.15) is 0 Å². The highest BCUT2D eigenvalue weighted by Crippen LogP contribution is 2.61. The van der Waals surface area contributed by atoms with Crippen LogP contribution >= 0.6 is 7.60 Å². The number of ether oxygens (including phenoxy) is 1. The lowest BCUT2D eigenvalue weighted by atomic mass is 10.2. The van der Waals surface area contributed by atoms with Crippen LogP contribution in [0.4, 0.5) is 10.1 Å². The Balaban J connectivity index is 2.42. The summed E-state index contributed by atoms with van der Waals surface area (Å²) in [5.41, 5.74) is 1.05. The third-order valence-corrected chi connectivity index (χ3v) is 6.02. The Morgan fingerprint density at radius 2 is 1.67 bits per heavy atom. The Morgan fingerprint density at radius 3 is 2.19 bits per heavy atom. The Hall–Kier alpha value is -2.21. The van der Waals surface area contributed by atoms with Gasteiger partial charge >= 0.3 is 13.6 Å². The molecule has 0 aliphatic heterocycles. The van der Waals surface area contributed by atoms with Gasteiger partial charge in [0.2, 0.25) is 0 Å². The lowest BCUT2D eigenvalue weighted by Gasteiger charge is -2.28. The van der Waals surface area contributed by atoms with Gasteiger partial charge in [0.05, 0.1) is 25.9 Å². The van der Waals surface area contributed by atoms with E-state index in [-0.39, 0.29) is 18.8 Å². The quantitative estimate of drug-likeness (QED) is 0.476. The van der Waals surface area contributed by atoms with Crippen molar-refractivity contribution in [2.24, 2.45) is 0 Å². The van der Waals surface area contributed by atoms with Gasteiger partial charge in [-0.05, 0) is 44.2 Å². The number of methoxy groups -OCH3 is 1. The second-order valence-electron chi connectivity index (χ2n) is 5.51. The molecule has 0 aliphatic carbocycles. The molecule has 0 heterocycles. The molecule has 27 heavy (non-hydrogen) atoms. The monoisotopic (exact) mass is 395 g/mol. The third kappa shape index (κ3) is 5.16. The highest BCUT2D eigenvalue weighted by molar-refractivity contribution is 7.54. The number of rotatable bonds is 9. The minimum atomic E-state index is -3.72. The molecule has 2 aromatic carbocycles. The van der Waals surface area contributed by atoms with Gasteiger partial charge in [-0.15, -0.1) is 0 Å². The molecule has 1 atom stereocenters. The molecule has 0 bridgehead atoms. The van der Waals surface area contributed by atoms with E-state index in [0.717, 1.165) is 0 Å². The van der Waals surface area contributed by atoms with Crippen molar-refractivity contribution in [3.05, 3.63) is 65.5 Å². The molecule has 0 spiro atoms. The van der Waals surface area contributed by atoms with Crippen molar-refractivity contribution in [3.8, 4) is 0 Å². The van der Waals surface area contributed by atoms with Crippen LogP contribution in [0.2, 0.25) is 0 Å². The van der Waals surface area contributed by atoms with E-state index in [2.05, 4.69) is 10.1 Å². The summed E-state index contributed by atoms with van der Waals surface area (Å²) in [5.74, 6) is -2.05. The van der Waals surface area contributed by atoms with Crippen molar-refractivity contribution in [1.29, 1.82) is 0 Å². The summed E-state index contributed by atoms with van der Waals surface area (Å²) in [6.45, 7) is 3.67. The standard InChI is InChI=1S/C19H23FNO5P/c1-4-25-27(23,26-5-2)18(16-8-6-7-9-17(16)20)21-15-12-10-14(11-13-15)19(22)24-3/h6-13,18,21H,4-5H2,1-3H3. The van der Waals surface area contributed by atoms with Crippen LogP contribution in [-0.2, 0) is 18.3 Å². The number of hydrogen-bond donors (Lipinski definition) is 1. The summed E-state index contributed by atoms with van der Waals surface area (Å²) >= 11 is 0. The smallest absolute Gasteiger partial charge is 0.357 e. The van der Waals surface area contributed by atoms with Crippen LogP contribution in [0, 0.1) is 5.82 Å². The first kappa shape index (κ1) is 21.1. The summed E-state index contributed by atoms with van der Waals surface area (Å²) in [7, 11) is -2.43. The van der Waals surface area contributed by atoms with Crippen molar-refractivity contribution < 1.29 is 27.5 Å². The van der Waals surface area contributed by atoms with Crippen LogP contribution in [-0.4, -0.2) is 26.3 Å². The molecule has 8 heteroatoms. The summed E-state index contributed by atoms with van der Waals surface area (Å²) in [6, 6.07) is 12.3. The number of esters is 1. The van der Waals surface area contributed by atoms with Crippen LogP contribution in [0.25, 0.3) is 0 Å². The molecular formula is C19H23FNO5P. The van der Waals surface area contributed by atoms with Gasteiger partial charge < -0.3 is 19.1 Å². The summed E-state index contributed by atoms with van der Waals surface area (Å²) in [4.78, 5) is 11.6. The molecule has 0 saturated carbocycles. The molecule has 1 N–H and O–H groups in total. The Bertz CT molecular complexity index is 802.